The maximum absolute atomic E-state index is 12.6. The van der Waals surface area contributed by atoms with Gasteiger partial charge in [-0.1, -0.05) is 12.1 Å². The molecule has 0 bridgehead atoms. The van der Waals surface area contributed by atoms with E-state index < -0.39 is 6.36 Å². The SMILES string of the molecule is CC(O)CC1CCC(Nc2ccc3ncc(-c4cccc(OC(F)(F)F)c4)n3n2)CC1. The molecule has 2 heterocycles. The summed E-state index contributed by atoms with van der Waals surface area (Å²) in [6, 6.07) is 9.76. The van der Waals surface area contributed by atoms with Crippen LogP contribution in [-0.4, -0.2) is 38.2 Å². The number of ether oxygens (including phenoxy) is 1. The van der Waals surface area contributed by atoms with Crippen LogP contribution in [0.2, 0.25) is 0 Å². The Morgan fingerprint density at radius 3 is 2.68 bits per heavy atom. The molecule has 1 aromatic carbocycles. The minimum atomic E-state index is -4.75. The van der Waals surface area contributed by atoms with E-state index >= 15 is 0 Å². The maximum Gasteiger partial charge on any atom is 0.573 e. The monoisotopic (exact) mass is 434 g/mol. The predicted molar refractivity (Wildman–Crippen MR) is 111 cm³/mol. The van der Waals surface area contributed by atoms with Crippen molar-refractivity contribution < 1.29 is 23.0 Å². The van der Waals surface area contributed by atoms with Crippen molar-refractivity contribution in [2.24, 2.45) is 5.92 Å². The van der Waals surface area contributed by atoms with Crippen LogP contribution >= 0.6 is 0 Å². The van der Waals surface area contributed by atoms with E-state index in [-0.39, 0.29) is 11.9 Å². The molecular formula is C22H25F3N4O2. The number of aliphatic hydroxyl groups is 1. The Bertz CT molecular complexity index is 1030. The van der Waals surface area contributed by atoms with E-state index in [9.17, 15) is 18.3 Å². The minimum absolute atomic E-state index is 0.265. The van der Waals surface area contributed by atoms with Crippen LogP contribution < -0.4 is 10.1 Å². The summed E-state index contributed by atoms with van der Waals surface area (Å²) in [5.41, 5.74) is 1.70. The van der Waals surface area contributed by atoms with Crippen molar-refractivity contribution in [3.05, 3.63) is 42.6 Å². The summed E-state index contributed by atoms with van der Waals surface area (Å²) in [4.78, 5) is 4.31. The molecule has 0 radical (unpaired) electrons. The van der Waals surface area contributed by atoms with Gasteiger partial charge in [-0.2, -0.15) is 0 Å². The van der Waals surface area contributed by atoms with Crippen LogP contribution in [0.1, 0.15) is 39.0 Å². The molecule has 9 heteroatoms. The highest BCUT2D eigenvalue weighted by molar-refractivity contribution is 5.65. The van der Waals surface area contributed by atoms with Crippen molar-refractivity contribution >= 4 is 11.5 Å². The number of imidazole rings is 1. The highest BCUT2D eigenvalue weighted by Crippen LogP contribution is 2.31. The zero-order chi connectivity index (χ0) is 22.0. The van der Waals surface area contributed by atoms with Crippen molar-refractivity contribution in [2.75, 3.05) is 5.32 Å². The molecule has 0 aliphatic heterocycles. The number of anilines is 1. The molecule has 1 unspecified atom stereocenters. The van der Waals surface area contributed by atoms with Crippen molar-refractivity contribution in [3.8, 4) is 17.0 Å². The van der Waals surface area contributed by atoms with E-state index in [0.717, 1.165) is 32.1 Å². The molecule has 166 valence electrons. The first kappa shape index (κ1) is 21.4. The topological polar surface area (TPSA) is 71.7 Å². The molecule has 6 nitrogen and oxygen atoms in total. The Morgan fingerprint density at radius 1 is 1.19 bits per heavy atom. The Balaban J connectivity index is 1.50. The van der Waals surface area contributed by atoms with Gasteiger partial charge in [-0.3, -0.25) is 0 Å². The number of alkyl halides is 3. The van der Waals surface area contributed by atoms with E-state index in [1.54, 1.807) is 16.8 Å². The fraction of sp³-hybridized carbons (Fsp3) is 0.455. The number of rotatable bonds is 6. The second-order valence-electron chi connectivity index (χ2n) is 8.15. The Hall–Kier alpha value is -2.81. The van der Waals surface area contributed by atoms with Crippen molar-refractivity contribution in [3.63, 3.8) is 0 Å². The fourth-order valence-electron chi connectivity index (χ4n) is 4.23. The lowest BCUT2D eigenvalue weighted by Crippen LogP contribution is -2.28. The standard InChI is InChI=1S/C22H25F3N4O2/c1-14(30)11-15-5-7-17(8-6-15)27-20-9-10-21-26-13-19(29(21)28-20)16-3-2-4-18(12-16)31-22(23,24)25/h2-4,9-10,12-15,17,30H,5-8,11H2,1H3,(H,27,28). The fourth-order valence-corrected chi connectivity index (χ4v) is 4.23. The molecule has 4 rings (SSSR count). The molecule has 0 spiro atoms. The van der Waals surface area contributed by atoms with Gasteiger partial charge in [0.05, 0.1) is 18.0 Å². The van der Waals surface area contributed by atoms with Crippen LogP contribution in [0.25, 0.3) is 16.9 Å². The average molecular weight is 434 g/mol. The summed E-state index contributed by atoms with van der Waals surface area (Å²) in [6.07, 6.45) is 1.54. The quantitative estimate of drug-likeness (QED) is 0.569. The number of hydrogen-bond acceptors (Lipinski definition) is 5. The van der Waals surface area contributed by atoms with Gasteiger partial charge in [-0.05, 0) is 69.2 Å². The van der Waals surface area contributed by atoms with Gasteiger partial charge in [0.15, 0.2) is 5.65 Å². The maximum atomic E-state index is 12.6. The summed E-state index contributed by atoms with van der Waals surface area (Å²) < 4.78 is 43.3. The highest BCUT2D eigenvalue weighted by atomic mass is 19.4. The second-order valence-corrected chi connectivity index (χ2v) is 8.15. The molecule has 1 atom stereocenters. The van der Waals surface area contributed by atoms with Gasteiger partial charge in [-0.15, -0.1) is 18.3 Å². The number of nitrogens with zero attached hydrogens (tertiary/aromatic N) is 3. The Kier molecular flexibility index (Phi) is 6.04. The average Bonchev–Trinajstić information content (AvgIpc) is 3.11. The molecular weight excluding hydrogens is 409 g/mol. The smallest absolute Gasteiger partial charge is 0.406 e. The first-order valence-electron chi connectivity index (χ1n) is 10.4. The summed E-state index contributed by atoms with van der Waals surface area (Å²) >= 11 is 0. The molecule has 2 N–H and O–H groups in total. The molecule has 2 aromatic heterocycles. The molecule has 1 saturated carbocycles. The van der Waals surface area contributed by atoms with Gasteiger partial charge in [0.25, 0.3) is 0 Å². The number of aromatic nitrogens is 3. The van der Waals surface area contributed by atoms with E-state index in [0.29, 0.717) is 34.7 Å². The van der Waals surface area contributed by atoms with Crippen LogP contribution in [0.15, 0.2) is 42.6 Å². The normalized spacial score (nSPS) is 20.5. The highest BCUT2D eigenvalue weighted by Gasteiger charge is 2.31. The molecule has 1 aliphatic rings. The van der Waals surface area contributed by atoms with E-state index in [1.807, 2.05) is 19.1 Å². The van der Waals surface area contributed by atoms with Crippen LogP contribution in [0, 0.1) is 5.92 Å². The van der Waals surface area contributed by atoms with Crippen LogP contribution in [0.4, 0.5) is 19.0 Å². The van der Waals surface area contributed by atoms with Crippen LogP contribution in [0.3, 0.4) is 0 Å². The van der Waals surface area contributed by atoms with Crippen LogP contribution in [-0.2, 0) is 0 Å². The van der Waals surface area contributed by atoms with Gasteiger partial charge in [-0.25, -0.2) is 9.50 Å². The van der Waals surface area contributed by atoms with Crippen molar-refractivity contribution in [1.29, 1.82) is 0 Å². The summed E-state index contributed by atoms with van der Waals surface area (Å²) in [5, 5.41) is 17.7. The predicted octanol–water partition coefficient (Wildman–Crippen LogP) is 5.04. The molecule has 1 aliphatic carbocycles. The number of halogens is 3. The number of fused-ring (bicyclic) bond motifs is 1. The Labute approximate surface area is 178 Å². The molecule has 0 saturated heterocycles. The zero-order valence-electron chi connectivity index (χ0n) is 17.1. The van der Waals surface area contributed by atoms with Gasteiger partial charge < -0.3 is 15.2 Å². The van der Waals surface area contributed by atoms with Crippen LogP contribution in [0.5, 0.6) is 5.75 Å². The summed E-state index contributed by atoms with van der Waals surface area (Å²) in [6.45, 7) is 1.83. The molecule has 1 fully saturated rings. The van der Waals surface area contributed by atoms with Gasteiger partial charge in [0, 0.05) is 11.6 Å². The number of nitrogens with one attached hydrogen (secondary N) is 1. The van der Waals surface area contributed by atoms with E-state index in [1.165, 1.54) is 18.2 Å². The van der Waals surface area contributed by atoms with E-state index in [4.69, 9.17) is 0 Å². The molecule has 0 amide bonds. The number of benzene rings is 1. The van der Waals surface area contributed by atoms with Gasteiger partial charge >= 0.3 is 6.36 Å². The number of hydrogen-bond donors (Lipinski definition) is 2. The molecule has 3 aromatic rings. The summed E-state index contributed by atoms with van der Waals surface area (Å²) in [7, 11) is 0. The summed E-state index contributed by atoms with van der Waals surface area (Å²) in [5.74, 6) is 0.955. The second kappa shape index (κ2) is 8.74. The third-order valence-electron chi connectivity index (χ3n) is 5.60. The number of aliphatic hydroxyl groups excluding tert-OH is 1. The van der Waals surface area contributed by atoms with Crippen molar-refractivity contribution in [2.45, 2.75) is 57.5 Å². The lowest BCUT2D eigenvalue weighted by molar-refractivity contribution is -0.274. The van der Waals surface area contributed by atoms with Gasteiger partial charge in [0.2, 0.25) is 0 Å². The largest absolute Gasteiger partial charge is 0.573 e. The third kappa shape index (κ3) is 5.46. The minimum Gasteiger partial charge on any atom is -0.406 e. The first-order chi connectivity index (χ1) is 14.8. The lowest BCUT2D eigenvalue weighted by Gasteiger charge is -2.30. The lowest BCUT2D eigenvalue weighted by atomic mass is 9.83. The third-order valence-corrected chi connectivity index (χ3v) is 5.60. The van der Waals surface area contributed by atoms with Gasteiger partial charge in [0.1, 0.15) is 11.6 Å². The zero-order valence-corrected chi connectivity index (χ0v) is 17.1. The molecule has 31 heavy (non-hydrogen) atoms. The van der Waals surface area contributed by atoms with Crippen molar-refractivity contribution in [1.82, 2.24) is 14.6 Å². The Morgan fingerprint density at radius 2 is 1.97 bits per heavy atom. The van der Waals surface area contributed by atoms with E-state index in [2.05, 4.69) is 20.1 Å². The first-order valence-corrected chi connectivity index (χ1v) is 10.4.